The van der Waals surface area contributed by atoms with E-state index in [1.165, 1.54) is 12.1 Å². The van der Waals surface area contributed by atoms with Gasteiger partial charge in [-0.1, -0.05) is 25.0 Å². The molecule has 1 aliphatic carbocycles. The summed E-state index contributed by atoms with van der Waals surface area (Å²) in [5.74, 6) is -1.30. The van der Waals surface area contributed by atoms with Crippen LogP contribution in [0.4, 0.5) is 4.39 Å². The SMILES string of the molecule is O=C(O)[C@H]1CCCC[C@@H]1NCc1cccc(F)c1. The molecule has 0 saturated heterocycles. The van der Waals surface area contributed by atoms with E-state index >= 15 is 0 Å². The lowest BCUT2D eigenvalue weighted by atomic mass is 9.84. The first-order valence-corrected chi connectivity index (χ1v) is 6.37. The number of carboxylic acid groups (broad SMARTS) is 1. The van der Waals surface area contributed by atoms with Crippen LogP contribution in [0.3, 0.4) is 0 Å². The van der Waals surface area contributed by atoms with Crippen LogP contribution in [-0.2, 0) is 11.3 Å². The number of carbonyl (C=O) groups is 1. The number of rotatable bonds is 4. The average molecular weight is 251 g/mol. The normalized spacial score (nSPS) is 23.8. The van der Waals surface area contributed by atoms with Crippen LogP contribution in [-0.4, -0.2) is 17.1 Å². The van der Waals surface area contributed by atoms with Gasteiger partial charge in [0.15, 0.2) is 0 Å². The van der Waals surface area contributed by atoms with Crippen LogP contribution in [0.1, 0.15) is 31.2 Å². The first-order chi connectivity index (χ1) is 8.66. The van der Waals surface area contributed by atoms with Gasteiger partial charge in [-0.15, -0.1) is 0 Å². The molecule has 0 spiro atoms. The molecular formula is C14H18FNO2. The topological polar surface area (TPSA) is 49.3 Å². The summed E-state index contributed by atoms with van der Waals surface area (Å²) in [5.41, 5.74) is 0.852. The predicted molar refractivity (Wildman–Crippen MR) is 66.6 cm³/mol. The van der Waals surface area contributed by atoms with E-state index in [0.29, 0.717) is 6.54 Å². The number of halogens is 1. The van der Waals surface area contributed by atoms with Crippen LogP contribution in [0.5, 0.6) is 0 Å². The van der Waals surface area contributed by atoms with Crippen LogP contribution in [0, 0.1) is 11.7 Å². The molecule has 1 fully saturated rings. The van der Waals surface area contributed by atoms with Crippen molar-refractivity contribution in [2.75, 3.05) is 0 Å². The molecule has 2 atom stereocenters. The lowest BCUT2D eigenvalue weighted by molar-refractivity contribution is -0.143. The zero-order valence-corrected chi connectivity index (χ0v) is 10.2. The van der Waals surface area contributed by atoms with Gasteiger partial charge in [-0.2, -0.15) is 0 Å². The summed E-state index contributed by atoms with van der Waals surface area (Å²) in [7, 11) is 0. The Bertz CT molecular complexity index is 422. The van der Waals surface area contributed by atoms with E-state index < -0.39 is 5.97 Å². The van der Waals surface area contributed by atoms with Crippen molar-refractivity contribution in [3.8, 4) is 0 Å². The van der Waals surface area contributed by atoms with Gasteiger partial charge >= 0.3 is 5.97 Å². The Balaban J connectivity index is 1.93. The number of nitrogens with one attached hydrogen (secondary N) is 1. The molecule has 0 radical (unpaired) electrons. The Labute approximate surface area is 106 Å². The smallest absolute Gasteiger partial charge is 0.308 e. The number of hydrogen-bond donors (Lipinski definition) is 2. The number of hydrogen-bond acceptors (Lipinski definition) is 2. The molecular weight excluding hydrogens is 233 g/mol. The molecule has 0 amide bonds. The minimum Gasteiger partial charge on any atom is -0.481 e. The molecule has 0 aromatic heterocycles. The quantitative estimate of drug-likeness (QED) is 0.864. The van der Waals surface area contributed by atoms with Crippen molar-refractivity contribution in [1.29, 1.82) is 0 Å². The van der Waals surface area contributed by atoms with Crippen molar-refractivity contribution in [2.24, 2.45) is 5.92 Å². The Kier molecular flexibility index (Phi) is 4.31. The zero-order valence-electron chi connectivity index (χ0n) is 10.2. The van der Waals surface area contributed by atoms with E-state index in [1.807, 2.05) is 6.07 Å². The molecule has 0 aliphatic heterocycles. The van der Waals surface area contributed by atoms with Gasteiger partial charge in [0.25, 0.3) is 0 Å². The van der Waals surface area contributed by atoms with E-state index in [0.717, 1.165) is 31.2 Å². The summed E-state index contributed by atoms with van der Waals surface area (Å²) in [5, 5.41) is 12.4. The van der Waals surface area contributed by atoms with E-state index in [9.17, 15) is 9.18 Å². The Morgan fingerprint density at radius 2 is 2.17 bits per heavy atom. The maximum absolute atomic E-state index is 13.0. The van der Waals surface area contributed by atoms with Crippen molar-refractivity contribution in [3.63, 3.8) is 0 Å². The molecule has 0 heterocycles. The van der Waals surface area contributed by atoms with Gasteiger partial charge in [0.2, 0.25) is 0 Å². The number of benzene rings is 1. The summed E-state index contributed by atoms with van der Waals surface area (Å²) in [6.07, 6.45) is 3.65. The highest BCUT2D eigenvalue weighted by Gasteiger charge is 2.30. The number of aliphatic carboxylic acids is 1. The summed E-state index contributed by atoms with van der Waals surface area (Å²) in [6.45, 7) is 0.520. The molecule has 1 aromatic rings. The van der Waals surface area contributed by atoms with Gasteiger partial charge in [0, 0.05) is 12.6 Å². The third-order valence-corrected chi connectivity index (χ3v) is 3.54. The number of carboxylic acids is 1. The third-order valence-electron chi connectivity index (χ3n) is 3.54. The van der Waals surface area contributed by atoms with E-state index in [4.69, 9.17) is 5.11 Å². The van der Waals surface area contributed by atoms with Crippen LogP contribution in [0.15, 0.2) is 24.3 Å². The highest BCUT2D eigenvalue weighted by atomic mass is 19.1. The fraction of sp³-hybridized carbons (Fsp3) is 0.500. The van der Waals surface area contributed by atoms with E-state index in [-0.39, 0.29) is 17.8 Å². The summed E-state index contributed by atoms with van der Waals surface area (Å²) in [6, 6.07) is 6.39. The average Bonchev–Trinajstić information content (AvgIpc) is 2.37. The standard InChI is InChI=1S/C14H18FNO2/c15-11-5-3-4-10(8-11)9-16-13-7-2-1-6-12(13)14(17)18/h3-5,8,12-13,16H,1-2,6-7,9H2,(H,17,18)/t12-,13-/m0/s1. The lowest BCUT2D eigenvalue weighted by Gasteiger charge is -2.29. The maximum Gasteiger partial charge on any atom is 0.308 e. The first kappa shape index (κ1) is 13.0. The van der Waals surface area contributed by atoms with E-state index in [1.54, 1.807) is 6.07 Å². The Morgan fingerprint density at radius 3 is 2.89 bits per heavy atom. The van der Waals surface area contributed by atoms with Gasteiger partial charge in [0.05, 0.1) is 5.92 Å². The minimum absolute atomic E-state index is 0.000447. The minimum atomic E-state index is -0.730. The van der Waals surface area contributed by atoms with Gasteiger partial charge in [-0.25, -0.2) is 4.39 Å². The summed E-state index contributed by atoms with van der Waals surface area (Å²) in [4.78, 5) is 11.1. The summed E-state index contributed by atoms with van der Waals surface area (Å²) >= 11 is 0. The van der Waals surface area contributed by atoms with Crippen molar-refractivity contribution >= 4 is 5.97 Å². The highest BCUT2D eigenvalue weighted by Crippen LogP contribution is 2.25. The molecule has 98 valence electrons. The molecule has 3 nitrogen and oxygen atoms in total. The molecule has 2 N–H and O–H groups in total. The van der Waals surface area contributed by atoms with Crippen molar-refractivity contribution in [3.05, 3.63) is 35.6 Å². The second kappa shape index (κ2) is 5.96. The van der Waals surface area contributed by atoms with Gasteiger partial charge in [-0.3, -0.25) is 4.79 Å². The molecule has 1 aromatic carbocycles. The fourth-order valence-electron chi connectivity index (χ4n) is 2.57. The van der Waals surface area contributed by atoms with Crippen molar-refractivity contribution in [1.82, 2.24) is 5.32 Å². The van der Waals surface area contributed by atoms with Gasteiger partial charge in [0.1, 0.15) is 5.82 Å². The molecule has 1 saturated carbocycles. The van der Waals surface area contributed by atoms with Gasteiger partial charge in [-0.05, 0) is 30.5 Å². The molecule has 0 bridgehead atoms. The second-order valence-corrected chi connectivity index (χ2v) is 4.85. The maximum atomic E-state index is 13.0. The monoisotopic (exact) mass is 251 g/mol. The van der Waals surface area contributed by atoms with Crippen molar-refractivity contribution in [2.45, 2.75) is 38.3 Å². The summed E-state index contributed by atoms with van der Waals surface area (Å²) < 4.78 is 13.0. The second-order valence-electron chi connectivity index (χ2n) is 4.85. The van der Waals surface area contributed by atoms with Crippen molar-refractivity contribution < 1.29 is 14.3 Å². The Hall–Kier alpha value is -1.42. The largest absolute Gasteiger partial charge is 0.481 e. The van der Waals surface area contributed by atoms with Crippen LogP contribution >= 0.6 is 0 Å². The molecule has 0 unspecified atom stereocenters. The molecule has 1 aliphatic rings. The zero-order chi connectivity index (χ0) is 13.0. The predicted octanol–water partition coefficient (Wildman–Crippen LogP) is 2.56. The van der Waals surface area contributed by atoms with Crippen LogP contribution in [0.2, 0.25) is 0 Å². The van der Waals surface area contributed by atoms with E-state index in [2.05, 4.69) is 5.32 Å². The first-order valence-electron chi connectivity index (χ1n) is 6.37. The molecule has 18 heavy (non-hydrogen) atoms. The lowest BCUT2D eigenvalue weighted by Crippen LogP contribution is -2.41. The van der Waals surface area contributed by atoms with Gasteiger partial charge < -0.3 is 10.4 Å². The van der Waals surface area contributed by atoms with Crippen LogP contribution < -0.4 is 5.32 Å². The molecule has 4 heteroatoms. The van der Waals surface area contributed by atoms with Crippen LogP contribution in [0.25, 0.3) is 0 Å². The third kappa shape index (κ3) is 3.29. The highest BCUT2D eigenvalue weighted by molar-refractivity contribution is 5.71. The molecule has 2 rings (SSSR count). The fourth-order valence-corrected chi connectivity index (χ4v) is 2.57. The Morgan fingerprint density at radius 1 is 1.39 bits per heavy atom.